The summed E-state index contributed by atoms with van der Waals surface area (Å²) in [6.07, 6.45) is 0. The number of ether oxygens (including phenoxy) is 1. The van der Waals surface area contributed by atoms with Crippen molar-refractivity contribution in [1.82, 2.24) is 0 Å². The van der Waals surface area contributed by atoms with E-state index in [1.807, 2.05) is 29.5 Å². The molecule has 0 saturated heterocycles. The smallest absolute Gasteiger partial charge is 0.120 e. The van der Waals surface area contributed by atoms with Gasteiger partial charge in [-0.15, -0.1) is 11.3 Å². The van der Waals surface area contributed by atoms with Gasteiger partial charge >= 0.3 is 0 Å². The van der Waals surface area contributed by atoms with Crippen LogP contribution in [0.15, 0.2) is 144 Å². The van der Waals surface area contributed by atoms with Crippen LogP contribution in [0.2, 0.25) is 0 Å². The van der Waals surface area contributed by atoms with E-state index in [1.54, 1.807) is 7.11 Å². The summed E-state index contributed by atoms with van der Waals surface area (Å²) >= 11 is 5.40. The number of thiophene rings is 1. The molecule has 6 aromatic carbocycles. The van der Waals surface area contributed by atoms with Crippen molar-refractivity contribution >= 4 is 64.5 Å². The maximum absolute atomic E-state index is 5.52. The predicted molar refractivity (Wildman–Crippen MR) is 179 cm³/mol. The standard InChI is InChI=1S/C37H26BrNOS/c1-40-33-9-5-8-32(24-33)39(30-6-3-2-4-7-30)31-18-12-26(13-19-31)28-15-21-37-35(23-28)34-22-27(14-20-36(34)41-37)25-10-16-29(38)17-11-25/h2-24H,1H3. The molecule has 41 heavy (non-hydrogen) atoms. The lowest BCUT2D eigenvalue weighted by Gasteiger charge is -2.26. The van der Waals surface area contributed by atoms with E-state index < -0.39 is 0 Å². The third-order valence-corrected chi connectivity index (χ3v) is 9.11. The van der Waals surface area contributed by atoms with Gasteiger partial charge in [0.2, 0.25) is 0 Å². The molecule has 0 aliphatic rings. The summed E-state index contributed by atoms with van der Waals surface area (Å²) in [7, 11) is 1.70. The molecule has 0 radical (unpaired) electrons. The number of halogens is 1. The Labute approximate surface area is 252 Å². The van der Waals surface area contributed by atoms with Gasteiger partial charge in [-0.1, -0.05) is 76.6 Å². The van der Waals surface area contributed by atoms with Crippen LogP contribution in [0.3, 0.4) is 0 Å². The number of para-hydroxylation sites is 1. The summed E-state index contributed by atoms with van der Waals surface area (Å²) in [5.74, 6) is 0.833. The molecule has 0 saturated carbocycles. The first kappa shape index (κ1) is 25.6. The van der Waals surface area contributed by atoms with Gasteiger partial charge in [-0.25, -0.2) is 0 Å². The molecule has 0 N–H and O–H groups in total. The minimum atomic E-state index is 0.833. The van der Waals surface area contributed by atoms with Gasteiger partial charge in [-0.3, -0.25) is 0 Å². The highest BCUT2D eigenvalue weighted by Crippen LogP contribution is 2.40. The zero-order valence-corrected chi connectivity index (χ0v) is 24.8. The Kier molecular flexibility index (Phi) is 6.79. The van der Waals surface area contributed by atoms with Gasteiger partial charge in [0.15, 0.2) is 0 Å². The average Bonchev–Trinajstić information content (AvgIpc) is 3.40. The second-order valence-electron chi connectivity index (χ2n) is 9.95. The van der Waals surface area contributed by atoms with Crippen molar-refractivity contribution in [3.63, 3.8) is 0 Å². The summed E-state index contributed by atoms with van der Waals surface area (Å²) in [5, 5.41) is 2.60. The van der Waals surface area contributed by atoms with Crippen molar-refractivity contribution in [2.75, 3.05) is 12.0 Å². The number of nitrogens with zero attached hydrogens (tertiary/aromatic N) is 1. The first-order valence-electron chi connectivity index (χ1n) is 13.5. The number of hydrogen-bond donors (Lipinski definition) is 0. The van der Waals surface area contributed by atoms with E-state index >= 15 is 0 Å². The Hall–Kier alpha value is -4.38. The molecule has 0 bridgehead atoms. The topological polar surface area (TPSA) is 12.5 Å². The molecule has 198 valence electrons. The molecular formula is C37H26BrNOS. The predicted octanol–water partition coefficient (Wildman–Crippen LogP) is 11.6. The SMILES string of the molecule is COc1cccc(N(c2ccccc2)c2ccc(-c3ccc4sc5ccc(-c6ccc(Br)cc6)cc5c4c3)cc2)c1. The highest BCUT2D eigenvalue weighted by Gasteiger charge is 2.14. The first-order chi connectivity index (χ1) is 20.2. The number of fused-ring (bicyclic) bond motifs is 3. The number of anilines is 3. The van der Waals surface area contributed by atoms with Crippen molar-refractivity contribution in [2.24, 2.45) is 0 Å². The van der Waals surface area contributed by atoms with Crippen LogP contribution in [0.4, 0.5) is 17.1 Å². The van der Waals surface area contributed by atoms with Gasteiger partial charge < -0.3 is 9.64 Å². The third kappa shape index (κ3) is 5.01. The van der Waals surface area contributed by atoms with E-state index in [4.69, 9.17) is 4.74 Å². The summed E-state index contributed by atoms with van der Waals surface area (Å²) in [6, 6.07) is 49.6. The van der Waals surface area contributed by atoms with Crippen molar-refractivity contribution in [1.29, 1.82) is 0 Å². The summed E-state index contributed by atoms with van der Waals surface area (Å²) in [4.78, 5) is 2.26. The van der Waals surface area contributed by atoms with Crippen LogP contribution < -0.4 is 9.64 Å². The van der Waals surface area contributed by atoms with Crippen LogP contribution in [0, 0.1) is 0 Å². The van der Waals surface area contributed by atoms with Gasteiger partial charge in [0.05, 0.1) is 7.11 Å². The quantitative estimate of drug-likeness (QED) is 0.185. The van der Waals surface area contributed by atoms with E-state index in [1.165, 1.54) is 42.4 Å². The van der Waals surface area contributed by atoms with Crippen LogP contribution in [-0.4, -0.2) is 7.11 Å². The molecule has 1 heterocycles. The van der Waals surface area contributed by atoms with Crippen LogP contribution >= 0.6 is 27.3 Å². The Morgan fingerprint density at radius 1 is 0.512 bits per heavy atom. The molecule has 0 fully saturated rings. The maximum atomic E-state index is 5.52. The average molecular weight is 613 g/mol. The van der Waals surface area contributed by atoms with Gasteiger partial charge in [-0.2, -0.15) is 0 Å². The lowest BCUT2D eigenvalue weighted by molar-refractivity contribution is 0.415. The Morgan fingerprint density at radius 3 is 1.66 bits per heavy atom. The van der Waals surface area contributed by atoms with Crippen LogP contribution in [0.25, 0.3) is 42.4 Å². The molecule has 7 rings (SSSR count). The zero-order valence-electron chi connectivity index (χ0n) is 22.4. The first-order valence-corrected chi connectivity index (χ1v) is 15.1. The van der Waals surface area contributed by atoms with Crippen molar-refractivity contribution < 1.29 is 4.74 Å². The van der Waals surface area contributed by atoms with Crippen molar-refractivity contribution in [2.45, 2.75) is 0 Å². The number of rotatable bonds is 6. The fourth-order valence-electron chi connectivity index (χ4n) is 5.36. The van der Waals surface area contributed by atoms with Crippen molar-refractivity contribution in [3.05, 3.63) is 144 Å². The normalized spacial score (nSPS) is 11.2. The summed E-state index contributed by atoms with van der Waals surface area (Å²) in [5.41, 5.74) is 8.10. The molecule has 0 aliphatic carbocycles. The fraction of sp³-hybridized carbons (Fsp3) is 0.0270. The second kappa shape index (κ2) is 10.9. The van der Waals surface area contributed by atoms with E-state index in [9.17, 15) is 0 Å². The monoisotopic (exact) mass is 611 g/mol. The van der Waals surface area contributed by atoms with E-state index in [0.717, 1.165) is 27.3 Å². The highest BCUT2D eigenvalue weighted by atomic mass is 79.9. The highest BCUT2D eigenvalue weighted by molar-refractivity contribution is 9.10. The number of hydrogen-bond acceptors (Lipinski definition) is 3. The minimum absolute atomic E-state index is 0.833. The van der Waals surface area contributed by atoms with E-state index in [0.29, 0.717) is 0 Å². The third-order valence-electron chi connectivity index (χ3n) is 7.43. The Morgan fingerprint density at radius 2 is 1.05 bits per heavy atom. The molecule has 0 atom stereocenters. The van der Waals surface area contributed by atoms with Crippen LogP contribution in [-0.2, 0) is 0 Å². The van der Waals surface area contributed by atoms with Gasteiger partial charge in [0.1, 0.15) is 5.75 Å². The van der Waals surface area contributed by atoms with Gasteiger partial charge in [0.25, 0.3) is 0 Å². The number of methoxy groups -OCH3 is 1. The molecule has 0 unspecified atom stereocenters. The van der Waals surface area contributed by atoms with Crippen molar-refractivity contribution in [3.8, 4) is 28.0 Å². The Balaban J connectivity index is 1.27. The second-order valence-corrected chi connectivity index (χ2v) is 11.9. The molecule has 2 nitrogen and oxygen atoms in total. The van der Waals surface area contributed by atoms with E-state index in [2.05, 4.69) is 142 Å². The minimum Gasteiger partial charge on any atom is -0.497 e. The maximum Gasteiger partial charge on any atom is 0.120 e. The zero-order chi connectivity index (χ0) is 27.8. The number of benzene rings is 6. The lowest BCUT2D eigenvalue weighted by Crippen LogP contribution is -2.09. The fourth-order valence-corrected chi connectivity index (χ4v) is 6.69. The lowest BCUT2D eigenvalue weighted by atomic mass is 10.00. The molecule has 4 heteroatoms. The van der Waals surface area contributed by atoms with E-state index in [-0.39, 0.29) is 0 Å². The molecular weight excluding hydrogens is 586 g/mol. The van der Waals surface area contributed by atoms with Gasteiger partial charge in [0, 0.05) is 47.8 Å². The molecule has 1 aromatic heterocycles. The van der Waals surface area contributed by atoms with Crippen LogP contribution in [0.1, 0.15) is 0 Å². The summed E-state index contributed by atoms with van der Waals surface area (Å²) in [6.45, 7) is 0. The Bertz CT molecular complexity index is 1980. The molecule has 0 aliphatic heterocycles. The van der Waals surface area contributed by atoms with Gasteiger partial charge in [-0.05, 0) is 95.1 Å². The largest absolute Gasteiger partial charge is 0.497 e. The molecule has 0 spiro atoms. The molecule has 7 aromatic rings. The summed E-state index contributed by atoms with van der Waals surface area (Å²) < 4.78 is 9.23. The van der Waals surface area contributed by atoms with Crippen LogP contribution in [0.5, 0.6) is 5.75 Å². The molecule has 0 amide bonds.